The first kappa shape index (κ1) is 16.1. The van der Waals surface area contributed by atoms with Crippen LogP contribution in [0.4, 0.5) is 0 Å². The van der Waals surface area contributed by atoms with E-state index < -0.39 is 0 Å². The largest absolute Gasteiger partial charge is 0.508 e. The van der Waals surface area contributed by atoms with Crippen LogP contribution >= 0.6 is 0 Å². The predicted molar refractivity (Wildman–Crippen MR) is 95.7 cm³/mol. The molecule has 0 bridgehead atoms. The maximum Gasteiger partial charge on any atom is 0.126 e. The van der Waals surface area contributed by atoms with E-state index in [0.717, 1.165) is 22.6 Å². The van der Waals surface area contributed by atoms with E-state index in [1.165, 1.54) is 0 Å². The van der Waals surface area contributed by atoms with Crippen molar-refractivity contribution in [1.82, 2.24) is 0 Å². The normalized spacial score (nSPS) is 21.6. The van der Waals surface area contributed by atoms with E-state index >= 15 is 0 Å². The fraction of sp³-hybridized carbons (Fsp3) is 0.429. The molecule has 2 aromatic rings. The molecule has 4 heteroatoms. The molecule has 25 heavy (non-hydrogen) atoms. The van der Waals surface area contributed by atoms with Gasteiger partial charge in [-0.2, -0.15) is 0 Å². The van der Waals surface area contributed by atoms with Crippen LogP contribution in [-0.4, -0.2) is 23.4 Å². The summed E-state index contributed by atoms with van der Waals surface area (Å²) in [6.07, 6.45) is 0. The molecule has 4 nitrogen and oxygen atoms in total. The Hall–Kier alpha value is -2.36. The lowest BCUT2D eigenvalue weighted by atomic mass is 9.48. The Kier molecular flexibility index (Phi) is 3.12. The van der Waals surface area contributed by atoms with Gasteiger partial charge in [0.1, 0.15) is 23.0 Å². The highest BCUT2D eigenvalue weighted by Crippen LogP contribution is 2.61. The van der Waals surface area contributed by atoms with Gasteiger partial charge in [-0.15, -0.1) is 0 Å². The molecule has 2 aromatic carbocycles. The Morgan fingerprint density at radius 1 is 0.720 bits per heavy atom. The molecule has 132 valence electrons. The zero-order chi connectivity index (χ0) is 18.0. The molecule has 0 saturated carbocycles. The van der Waals surface area contributed by atoms with Crippen molar-refractivity contribution in [3.05, 3.63) is 47.5 Å². The van der Waals surface area contributed by atoms with E-state index in [1.54, 1.807) is 24.3 Å². The molecule has 0 fully saturated rings. The average molecular weight is 340 g/mol. The number of fused-ring (bicyclic) bond motifs is 2. The molecule has 0 aromatic heterocycles. The van der Waals surface area contributed by atoms with Gasteiger partial charge in [0.15, 0.2) is 0 Å². The van der Waals surface area contributed by atoms with Crippen molar-refractivity contribution in [3.63, 3.8) is 0 Å². The van der Waals surface area contributed by atoms with Gasteiger partial charge in [-0.1, -0.05) is 39.8 Å². The fourth-order valence-electron chi connectivity index (χ4n) is 4.76. The number of benzene rings is 2. The van der Waals surface area contributed by atoms with Crippen LogP contribution in [0.15, 0.2) is 36.4 Å². The van der Waals surface area contributed by atoms with E-state index in [1.807, 2.05) is 12.1 Å². The first-order valence-corrected chi connectivity index (χ1v) is 8.62. The van der Waals surface area contributed by atoms with Crippen molar-refractivity contribution >= 4 is 0 Å². The standard InChI is InChI=1S/C21H24O4/c1-19(2)15-7-5-13(22)9-17(15)24-11-21(19)12-25-18-10-14(23)6-8-16(18)20(21,3)4/h5-10,22-23H,11-12H2,1-4H3. The Bertz CT molecular complexity index is 779. The fourth-order valence-corrected chi connectivity index (χ4v) is 4.76. The van der Waals surface area contributed by atoms with Gasteiger partial charge in [0.05, 0.1) is 18.6 Å². The maximum atomic E-state index is 9.79. The first-order valence-electron chi connectivity index (χ1n) is 8.62. The van der Waals surface area contributed by atoms with Crippen LogP contribution in [0, 0.1) is 5.41 Å². The third-order valence-electron chi connectivity index (χ3n) is 6.62. The summed E-state index contributed by atoms with van der Waals surface area (Å²) in [4.78, 5) is 0. The summed E-state index contributed by atoms with van der Waals surface area (Å²) in [6.45, 7) is 9.90. The molecule has 2 N–H and O–H groups in total. The lowest BCUT2D eigenvalue weighted by Gasteiger charge is -2.60. The number of hydrogen-bond acceptors (Lipinski definition) is 4. The second-order valence-electron chi connectivity index (χ2n) is 8.27. The highest BCUT2D eigenvalue weighted by Gasteiger charge is 2.62. The van der Waals surface area contributed by atoms with Crippen LogP contribution in [0.5, 0.6) is 23.0 Å². The monoisotopic (exact) mass is 340 g/mol. The van der Waals surface area contributed by atoms with Gasteiger partial charge >= 0.3 is 0 Å². The van der Waals surface area contributed by atoms with Crippen molar-refractivity contribution in [2.75, 3.05) is 13.2 Å². The van der Waals surface area contributed by atoms with E-state index in [0.29, 0.717) is 13.2 Å². The highest BCUT2D eigenvalue weighted by atomic mass is 16.5. The van der Waals surface area contributed by atoms with Crippen LogP contribution < -0.4 is 9.47 Å². The van der Waals surface area contributed by atoms with E-state index in [9.17, 15) is 10.2 Å². The summed E-state index contributed by atoms with van der Waals surface area (Å²) in [7, 11) is 0. The third kappa shape index (κ3) is 1.94. The number of aromatic hydroxyl groups is 2. The molecular formula is C21H24O4. The number of phenolic OH excluding ortho intramolecular Hbond substituents is 2. The van der Waals surface area contributed by atoms with Gasteiger partial charge in [0, 0.05) is 34.1 Å². The quantitative estimate of drug-likeness (QED) is 0.757. The predicted octanol–water partition coefficient (Wildman–Crippen LogP) is 4.12. The molecular weight excluding hydrogens is 316 g/mol. The van der Waals surface area contributed by atoms with Crippen molar-refractivity contribution in [3.8, 4) is 23.0 Å². The van der Waals surface area contributed by atoms with Crippen molar-refractivity contribution in [2.24, 2.45) is 5.41 Å². The van der Waals surface area contributed by atoms with Gasteiger partial charge in [-0.25, -0.2) is 0 Å². The minimum Gasteiger partial charge on any atom is -0.508 e. The zero-order valence-electron chi connectivity index (χ0n) is 15.1. The first-order chi connectivity index (χ1) is 11.7. The maximum absolute atomic E-state index is 9.79. The van der Waals surface area contributed by atoms with E-state index in [2.05, 4.69) is 27.7 Å². The van der Waals surface area contributed by atoms with Crippen LogP contribution in [-0.2, 0) is 10.8 Å². The van der Waals surface area contributed by atoms with E-state index in [4.69, 9.17) is 9.47 Å². The number of rotatable bonds is 0. The number of phenols is 2. The Morgan fingerprint density at radius 2 is 1.12 bits per heavy atom. The molecule has 2 aliphatic rings. The van der Waals surface area contributed by atoms with Crippen LogP contribution in [0.3, 0.4) is 0 Å². The van der Waals surface area contributed by atoms with Crippen molar-refractivity contribution in [2.45, 2.75) is 38.5 Å². The van der Waals surface area contributed by atoms with Gasteiger partial charge in [-0.3, -0.25) is 0 Å². The van der Waals surface area contributed by atoms with Crippen molar-refractivity contribution < 1.29 is 19.7 Å². The number of ether oxygens (including phenoxy) is 2. The highest BCUT2D eigenvalue weighted by molar-refractivity contribution is 5.53. The zero-order valence-corrected chi connectivity index (χ0v) is 15.1. The minimum absolute atomic E-state index is 0.213. The summed E-state index contributed by atoms with van der Waals surface area (Å²) < 4.78 is 12.2. The molecule has 2 aliphatic heterocycles. The summed E-state index contributed by atoms with van der Waals surface area (Å²) in [5.74, 6) is 1.90. The second-order valence-corrected chi connectivity index (χ2v) is 8.27. The third-order valence-corrected chi connectivity index (χ3v) is 6.62. The molecule has 0 atom stereocenters. The lowest BCUT2D eigenvalue weighted by Crippen LogP contribution is -2.63. The van der Waals surface area contributed by atoms with Gasteiger partial charge in [-0.05, 0) is 12.1 Å². The SMILES string of the molecule is CC1(C)c2ccc(O)cc2OCC12COc1cc(O)ccc1C2(C)C. The van der Waals surface area contributed by atoms with E-state index in [-0.39, 0.29) is 27.7 Å². The summed E-state index contributed by atoms with van der Waals surface area (Å²) in [5.41, 5.74) is 1.42. The van der Waals surface area contributed by atoms with Gasteiger partial charge < -0.3 is 19.7 Å². The summed E-state index contributed by atoms with van der Waals surface area (Å²) in [6, 6.07) is 10.7. The second kappa shape index (κ2) is 4.84. The molecule has 0 radical (unpaired) electrons. The lowest BCUT2D eigenvalue weighted by molar-refractivity contribution is -0.0716. The molecule has 0 amide bonds. The average Bonchev–Trinajstić information content (AvgIpc) is 2.53. The van der Waals surface area contributed by atoms with Crippen LogP contribution in [0.25, 0.3) is 0 Å². The molecule has 0 saturated heterocycles. The minimum atomic E-state index is -0.284. The van der Waals surface area contributed by atoms with Crippen LogP contribution in [0.1, 0.15) is 38.8 Å². The Labute approximate surface area is 148 Å². The molecule has 1 spiro atoms. The Morgan fingerprint density at radius 3 is 1.52 bits per heavy atom. The Balaban J connectivity index is 1.90. The molecule has 2 heterocycles. The molecule has 0 unspecified atom stereocenters. The summed E-state index contributed by atoms with van der Waals surface area (Å²) >= 11 is 0. The van der Waals surface area contributed by atoms with Gasteiger partial charge in [0.2, 0.25) is 0 Å². The summed E-state index contributed by atoms with van der Waals surface area (Å²) in [5, 5.41) is 19.6. The van der Waals surface area contributed by atoms with Gasteiger partial charge in [0.25, 0.3) is 0 Å². The molecule has 4 rings (SSSR count). The smallest absolute Gasteiger partial charge is 0.126 e. The van der Waals surface area contributed by atoms with Crippen molar-refractivity contribution in [1.29, 1.82) is 0 Å². The molecule has 0 aliphatic carbocycles. The number of hydrogen-bond donors (Lipinski definition) is 2. The topological polar surface area (TPSA) is 58.9 Å². The van der Waals surface area contributed by atoms with Crippen LogP contribution in [0.2, 0.25) is 0 Å².